The van der Waals surface area contributed by atoms with Crippen LogP contribution in [0.2, 0.25) is 0 Å². The first-order valence-electron chi connectivity index (χ1n) is 9.03. The molecule has 3 heterocycles. The average Bonchev–Trinajstić information content (AvgIpc) is 3.23. The predicted octanol–water partition coefficient (Wildman–Crippen LogP) is 3.07. The highest BCUT2D eigenvalue weighted by Crippen LogP contribution is 2.22. The summed E-state index contributed by atoms with van der Waals surface area (Å²) in [6.45, 7) is 5.60. The summed E-state index contributed by atoms with van der Waals surface area (Å²) in [4.78, 5) is 19.0. The van der Waals surface area contributed by atoms with Gasteiger partial charge in [0.25, 0.3) is 0 Å². The fraction of sp³-hybridized carbons (Fsp3) is 0.350. The van der Waals surface area contributed by atoms with E-state index < -0.39 is 0 Å². The number of anilines is 1. The number of nitrogens with one attached hydrogen (secondary N) is 1. The highest BCUT2D eigenvalue weighted by molar-refractivity contribution is 5.80. The van der Waals surface area contributed by atoms with Crippen LogP contribution in [0.25, 0.3) is 5.65 Å². The van der Waals surface area contributed by atoms with Crippen LogP contribution in [0.1, 0.15) is 37.4 Å². The Morgan fingerprint density at radius 2 is 2.04 bits per heavy atom. The molecule has 26 heavy (non-hydrogen) atoms. The lowest BCUT2D eigenvalue weighted by Gasteiger charge is -2.18. The Hall–Kier alpha value is -2.89. The van der Waals surface area contributed by atoms with E-state index in [0.29, 0.717) is 25.4 Å². The maximum Gasteiger partial charge on any atom is 0.225 e. The third kappa shape index (κ3) is 3.27. The van der Waals surface area contributed by atoms with Gasteiger partial charge in [0.05, 0.1) is 12.2 Å². The zero-order valence-electron chi connectivity index (χ0n) is 15.1. The van der Waals surface area contributed by atoms with Crippen molar-refractivity contribution in [2.24, 2.45) is 0 Å². The molecule has 0 unspecified atom stereocenters. The molecule has 1 aromatic carbocycles. The number of fused-ring (bicyclic) bond motifs is 1. The van der Waals surface area contributed by atoms with Gasteiger partial charge in [0, 0.05) is 37.3 Å². The number of amides is 1. The van der Waals surface area contributed by atoms with Gasteiger partial charge in [-0.25, -0.2) is 4.98 Å². The van der Waals surface area contributed by atoms with E-state index in [1.807, 2.05) is 35.2 Å². The van der Waals surface area contributed by atoms with E-state index in [9.17, 15) is 4.79 Å². The molecule has 0 bridgehead atoms. The minimum Gasteiger partial charge on any atom is -0.365 e. The number of hydrogen-bond donors (Lipinski definition) is 1. The maximum atomic E-state index is 12.4. The van der Waals surface area contributed by atoms with Gasteiger partial charge < -0.3 is 10.2 Å². The molecule has 1 aliphatic heterocycles. The van der Waals surface area contributed by atoms with Crippen LogP contribution in [0, 0.1) is 0 Å². The van der Waals surface area contributed by atoms with E-state index in [2.05, 4.69) is 41.4 Å². The van der Waals surface area contributed by atoms with Gasteiger partial charge in [-0.2, -0.15) is 9.61 Å². The third-order valence-electron chi connectivity index (χ3n) is 4.75. The van der Waals surface area contributed by atoms with Crippen molar-refractivity contribution in [3.05, 3.63) is 59.9 Å². The lowest BCUT2D eigenvalue weighted by atomic mass is 10.1. The molecule has 1 amide bonds. The number of carbonyl (C=O) groups is 1. The molecular formula is C20H23N5O. The highest BCUT2D eigenvalue weighted by Gasteiger charge is 2.30. The summed E-state index contributed by atoms with van der Waals surface area (Å²) in [6, 6.07) is 14.1. The Balaban J connectivity index is 1.52. The van der Waals surface area contributed by atoms with Crippen LogP contribution in [0.3, 0.4) is 0 Å². The third-order valence-corrected chi connectivity index (χ3v) is 4.75. The van der Waals surface area contributed by atoms with Crippen LogP contribution in [-0.4, -0.2) is 38.0 Å². The molecular weight excluding hydrogens is 326 g/mol. The van der Waals surface area contributed by atoms with Crippen LogP contribution in [0.15, 0.2) is 48.7 Å². The summed E-state index contributed by atoms with van der Waals surface area (Å²) in [7, 11) is 0. The molecule has 1 aliphatic rings. The lowest BCUT2D eigenvalue weighted by molar-refractivity contribution is -0.128. The number of aromatic nitrogens is 3. The number of nitrogens with zero attached hydrogens (tertiary/aromatic N) is 4. The Morgan fingerprint density at radius 3 is 2.81 bits per heavy atom. The van der Waals surface area contributed by atoms with Crippen LogP contribution in [0.5, 0.6) is 0 Å². The van der Waals surface area contributed by atoms with Crippen molar-refractivity contribution in [2.75, 3.05) is 11.9 Å². The molecule has 134 valence electrons. The normalized spacial score (nSPS) is 17.4. The summed E-state index contributed by atoms with van der Waals surface area (Å²) in [5.41, 5.74) is 3.00. The van der Waals surface area contributed by atoms with Crippen molar-refractivity contribution in [1.82, 2.24) is 19.5 Å². The molecule has 0 aliphatic carbocycles. The van der Waals surface area contributed by atoms with Crippen LogP contribution in [-0.2, 0) is 11.3 Å². The van der Waals surface area contributed by atoms with Gasteiger partial charge in [0.15, 0.2) is 5.65 Å². The summed E-state index contributed by atoms with van der Waals surface area (Å²) < 4.78 is 1.80. The minimum absolute atomic E-state index is 0.0704. The van der Waals surface area contributed by atoms with Gasteiger partial charge in [0.1, 0.15) is 5.82 Å². The number of carbonyl (C=O) groups excluding carboxylic acids is 1. The standard InChI is InChI=1S/C20H23N5O/c1-14(2)17-11-19(25-18(23-17)8-9-21-25)22-16-10-20(26)24(13-16)12-15-6-4-3-5-7-15/h3-9,11,14,16,22H,10,12-13H2,1-2H3/t16-/m1/s1. The lowest BCUT2D eigenvalue weighted by Crippen LogP contribution is -2.28. The molecule has 0 spiro atoms. The average molecular weight is 349 g/mol. The first kappa shape index (κ1) is 16.6. The second kappa shape index (κ2) is 6.78. The van der Waals surface area contributed by atoms with Crippen molar-refractivity contribution in [1.29, 1.82) is 0 Å². The van der Waals surface area contributed by atoms with E-state index in [-0.39, 0.29) is 11.9 Å². The second-order valence-electron chi connectivity index (χ2n) is 7.13. The molecule has 0 saturated carbocycles. The molecule has 6 nitrogen and oxygen atoms in total. The van der Waals surface area contributed by atoms with E-state index in [1.54, 1.807) is 10.7 Å². The second-order valence-corrected chi connectivity index (χ2v) is 7.13. The zero-order chi connectivity index (χ0) is 18.1. The molecule has 4 rings (SSSR count). The molecule has 2 aromatic heterocycles. The van der Waals surface area contributed by atoms with E-state index in [4.69, 9.17) is 0 Å². The SMILES string of the molecule is CC(C)c1cc(N[C@@H]2CC(=O)N(Cc3ccccc3)C2)n2nccc2n1. The van der Waals surface area contributed by atoms with Crippen LogP contribution in [0.4, 0.5) is 5.82 Å². The maximum absolute atomic E-state index is 12.4. The monoisotopic (exact) mass is 349 g/mol. The molecule has 0 radical (unpaired) electrons. The topological polar surface area (TPSA) is 62.5 Å². The Bertz CT molecular complexity index is 918. The quantitative estimate of drug-likeness (QED) is 0.769. The fourth-order valence-corrected chi connectivity index (χ4v) is 3.37. The molecule has 6 heteroatoms. The first-order valence-corrected chi connectivity index (χ1v) is 9.03. The fourth-order valence-electron chi connectivity index (χ4n) is 3.37. The zero-order valence-corrected chi connectivity index (χ0v) is 15.1. The smallest absolute Gasteiger partial charge is 0.225 e. The van der Waals surface area contributed by atoms with Crippen LogP contribution >= 0.6 is 0 Å². The van der Waals surface area contributed by atoms with E-state index >= 15 is 0 Å². The van der Waals surface area contributed by atoms with Crippen LogP contribution < -0.4 is 5.32 Å². The van der Waals surface area contributed by atoms with Gasteiger partial charge in [-0.15, -0.1) is 0 Å². The number of rotatable bonds is 5. The summed E-state index contributed by atoms with van der Waals surface area (Å²) in [5, 5.41) is 7.87. The molecule has 1 atom stereocenters. The molecule has 1 fully saturated rings. The van der Waals surface area contributed by atoms with Gasteiger partial charge in [-0.05, 0) is 11.5 Å². The molecule has 3 aromatic rings. The van der Waals surface area contributed by atoms with Crippen molar-refractivity contribution >= 4 is 17.4 Å². The van der Waals surface area contributed by atoms with Crippen molar-refractivity contribution < 1.29 is 4.79 Å². The first-order chi connectivity index (χ1) is 12.6. The molecule has 1 saturated heterocycles. The Morgan fingerprint density at radius 1 is 1.23 bits per heavy atom. The highest BCUT2D eigenvalue weighted by atomic mass is 16.2. The van der Waals surface area contributed by atoms with Crippen molar-refractivity contribution in [3.8, 4) is 0 Å². The Kier molecular flexibility index (Phi) is 4.32. The van der Waals surface area contributed by atoms with Crippen molar-refractivity contribution in [3.63, 3.8) is 0 Å². The van der Waals surface area contributed by atoms with Gasteiger partial charge >= 0.3 is 0 Å². The van der Waals surface area contributed by atoms with Crippen molar-refractivity contribution in [2.45, 2.75) is 38.8 Å². The predicted molar refractivity (Wildman–Crippen MR) is 101 cm³/mol. The summed E-state index contributed by atoms with van der Waals surface area (Å²) in [5.74, 6) is 1.40. The number of hydrogen-bond acceptors (Lipinski definition) is 4. The largest absolute Gasteiger partial charge is 0.365 e. The summed E-state index contributed by atoms with van der Waals surface area (Å²) >= 11 is 0. The van der Waals surface area contributed by atoms with E-state index in [1.165, 1.54) is 0 Å². The van der Waals surface area contributed by atoms with Gasteiger partial charge in [-0.3, -0.25) is 4.79 Å². The Labute approximate surface area is 152 Å². The number of benzene rings is 1. The minimum atomic E-state index is 0.0704. The molecule has 1 N–H and O–H groups in total. The number of likely N-dealkylation sites (tertiary alicyclic amines) is 1. The summed E-state index contributed by atoms with van der Waals surface area (Å²) in [6.07, 6.45) is 2.24. The van der Waals surface area contributed by atoms with Gasteiger partial charge in [-0.1, -0.05) is 44.2 Å². The van der Waals surface area contributed by atoms with Gasteiger partial charge in [0.2, 0.25) is 5.91 Å². The van der Waals surface area contributed by atoms with E-state index in [0.717, 1.165) is 22.7 Å².